The van der Waals surface area contributed by atoms with Crippen molar-refractivity contribution in [2.45, 2.75) is 0 Å². The average Bonchev–Trinajstić information content (AvgIpc) is 3.67. The lowest BCUT2D eigenvalue weighted by atomic mass is 9.91. The maximum atomic E-state index is 10.00. The van der Waals surface area contributed by atoms with Crippen molar-refractivity contribution in [1.82, 2.24) is 0 Å². The molecule has 0 amide bonds. The Kier molecular flexibility index (Phi) is 6.00. The minimum Gasteiger partial charge on any atom is -0.237 e. The van der Waals surface area contributed by atoms with Gasteiger partial charge in [-0.1, -0.05) is 84.9 Å². The maximum absolute atomic E-state index is 10.00. The Morgan fingerprint density at radius 1 is 0.477 bits per heavy atom. The molecule has 0 unspecified atom stereocenters. The first-order valence-electron chi connectivity index (χ1n) is 14.0. The molecule has 0 aliphatic rings. The molecule has 0 atom stereocenters. The number of nitriles is 2. The summed E-state index contributed by atoms with van der Waals surface area (Å²) < 4.78 is 4.26. The van der Waals surface area contributed by atoms with Crippen molar-refractivity contribution in [3.63, 3.8) is 0 Å². The first-order valence-corrected chi connectivity index (χ1v) is 15.6. The molecule has 202 valence electrons. The van der Waals surface area contributed by atoms with Gasteiger partial charge in [-0.2, -0.15) is 10.5 Å². The topological polar surface area (TPSA) is 51.9 Å². The molecule has 0 aliphatic carbocycles. The van der Waals surface area contributed by atoms with Gasteiger partial charge in [-0.15, -0.1) is 22.7 Å². The average molecular weight is 594 g/mol. The van der Waals surface area contributed by atoms with Crippen LogP contribution in [-0.2, 0) is 0 Å². The second-order valence-electron chi connectivity index (χ2n) is 10.6. The van der Waals surface area contributed by atoms with Crippen molar-refractivity contribution in [3.05, 3.63) is 138 Å². The highest BCUT2D eigenvalue weighted by atomic mass is 32.1. The molecule has 0 spiro atoms. The molecule has 0 saturated heterocycles. The lowest BCUT2D eigenvalue weighted by Crippen LogP contribution is -1.89. The van der Waals surface area contributed by atoms with Gasteiger partial charge in [0.05, 0.1) is 28.5 Å². The van der Waals surface area contributed by atoms with Crippen LogP contribution in [0.1, 0.15) is 11.1 Å². The molecular weight excluding hydrogens is 575 g/mol. The van der Waals surface area contributed by atoms with Crippen LogP contribution < -0.4 is 0 Å². The number of thiophene rings is 2. The van der Waals surface area contributed by atoms with Crippen molar-refractivity contribution in [1.29, 1.82) is 10.5 Å². The molecule has 6 aromatic carbocycles. The molecule has 8 rings (SSSR count). The summed E-state index contributed by atoms with van der Waals surface area (Å²) in [5, 5.41) is 24.2. The van der Waals surface area contributed by atoms with Crippen molar-refractivity contribution in [2.24, 2.45) is 0 Å². The van der Waals surface area contributed by atoms with Crippen LogP contribution >= 0.6 is 22.7 Å². The third kappa shape index (κ3) is 3.91. The van der Waals surface area contributed by atoms with Crippen molar-refractivity contribution in [3.8, 4) is 45.5 Å². The van der Waals surface area contributed by atoms with E-state index in [-0.39, 0.29) is 0 Å². The van der Waals surface area contributed by atoms with Gasteiger partial charge in [-0.3, -0.25) is 0 Å². The molecule has 2 aromatic heterocycles. The molecule has 0 fully saturated rings. The van der Waals surface area contributed by atoms with E-state index in [1.807, 2.05) is 48.5 Å². The third-order valence-corrected chi connectivity index (χ3v) is 10.7. The predicted molar refractivity (Wildman–Crippen MR) is 184 cm³/mol. The SMILES string of the molecule is [C-]#[N+]c1cccc2c1sc1c(-c3cc(-c4ccccc4C#N)cc(-c4cccc5c4sc4c(C#N)cccc45)c3)cccc12. The molecule has 0 aliphatic heterocycles. The Morgan fingerprint density at radius 3 is 1.55 bits per heavy atom. The molecule has 0 N–H and O–H groups in total. The second kappa shape index (κ2) is 10.2. The molecule has 0 saturated carbocycles. The Labute approximate surface area is 261 Å². The summed E-state index contributed by atoms with van der Waals surface area (Å²) in [6.45, 7) is 7.72. The second-order valence-corrected chi connectivity index (χ2v) is 12.6. The summed E-state index contributed by atoms with van der Waals surface area (Å²) in [6.07, 6.45) is 0. The number of rotatable bonds is 3. The van der Waals surface area contributed by atoms with E-state index in [9.17, 15) is 10.5 Å². The molecule has 5 heteroatoms. The highest BCUT2D eigenvalue weighted by Crippen LogP contribution is 2.46. The normalized spacial score (nSPS) is 11.1. The summed E-state index contributed by atoms with van der Waals surface area (Å²) in [6, 6.07) is 43.6. The van der Waals surface area contributed by atoms with Gasteiger partial charge in [0.25, 0.3) is 0 Å². The summed E-state index contributed by atoms with van der Waals surface area (Å²) in [4.78, 5) is 3.79. The van der Waals surface area contributed by atoms with Crippen molar-refractivity contribution < 1.29 is 0 Å². The molecular formula is C39H19N3S2. The van der Waals surface area contributed by atoms with Crippen LogP contribution in [0.25, 0.3) is 78.6 Å². The van der Waals surface area contributed by atoms with Crippen molar-refractivity contribution in [2.75, 3.05) is 0 Å². The van der Waals surface area contributed by atoms with Gasteiger partial charge in [-0.05, 0) is 74.5 Å². The smallest absolute Gasteiger partial charge is 0.204 e. The Hall–Kier alpha value is -5.77. The molecule has 0 bridgehead atoms. The quantitative estimate of drug-likeness (QED) is 0.191. The number of hydrogen-bond donors (Lipinski definition) is 0. The molecule has 2 heterocycles. The first kappa shape index (κ1) is 25.9. The first-order chi connectivity index (χ1) is 21.7. The monoisotopic (exact) mass is 593 g/mol. The number of benzene rings is 6. The lowest BCUT2D eigenvalue weighted by Gasteiger charge is -2.13. The number of nitrogens with zero attached hydrogens (tertiary/aromatic N) is 3. The van der Waals surface area contributed by atoms with E-state index < -0.39 is 0 Å². The Balaban J connectivity index is 1.45. The highest BCUT2D eigenvalue weighted by Gasteiger charge is 2.18. The zero-order valence-electron chi connectivity index (χ0n) is 23.1. The van der Waals surface area contributed by atoms with E-state index in [0.29, 0.717) is 16.8 Å². The minimum atomic E-state index is 0.621. The zero-order chi connectivity index (χ0) is 29.8. The van der Waals surface area contributed by atoms with E-state index >= 15 is 0 Å². The maximum Gasteiger partial charge on any atom is 0.204 e. The summed E-state index contributed by atoms with van der Waals surface area (Å²) in [5.41, 5.74) is 8.08. The number of hydrogen-bond acceptors (Lipinski definition) is 4. The largest absolute Gasteiger partial charge is 0.237 e. The van der Waals surface area contributed by atoms with Gasteiger partial charge in [0.15, 0.2) is 0 Å². The van der Waals surface area contributed by atoms with Crippen LogP contribution in [0.2, 0.25) is 0 Å². The minimum absolute atomic E-state index is 0.621. The van der Waals surface area contributed by atoms with E-state index in [2.05, 4.69) is 83.7 Å². The van der Waals surface area contributed by atoms with Crippen LogP contribution in [-0.4, -0.2) is 0 Å². The Bertz CT molecular complexity index is 2450. The van der Waals surface area contributed by atoms with Crippen LogP contribution in [0.3, 0.4) is 0 Å². The predicted octanol–water partition coefficient (Wildman–Crippen LogP) is 11.7. The molecule has 0 radical (unpaired) electrons. The third-order valence-electron chi connectivity index (χ3n) is 8.18. The summed E-state index contributed by atoms with van der Waals surface area (Å²) in [7, 11) is 0. The molecule has 3 nitrogen and oxygen atoms in total. The molecule has 44 heavy (non-hydrogen) atoms. The van der Waals surface area contributed by atoms with Gasteiger partial charge in [-0.25, -0.2) is 4.85 Å². The van der Waals surface area contributed by atoms with Crippen LogP contribution in [0.15, 0.2) is 115 Å². The fourth-order valence-electron chi connectivity index (χ4n) is 6.18. The van der Waals surface area contributed by atoms with Gasteiger partial charge >= 0.3 is 0 Å². The van der Waals surface area contributed by atoms with Gasteiger partial charge in [0.1, 0.15) is 6.07 Å². The van der Waals surface area contributed by atoms with E-state index in [1.54, 1.807) is 22.7 Å². The highest BCUT2D eigenvalue weighted by molar-refractivity contribution is 7.27. The summed E-state index contributed by atoms with van der Waals surface area (Å²) >= 11 is 3.31. The van der Waals surface area contributed by atoms with E-state index in [1.165, 1.54) is 0 Å². The zero-order valence-corrected chi connectivity index (χ0v) is 24.8. The molecule has 8 aromatic rings. The van der Waals surface area contributed by atoms with E-state index in [4.69, 9.17) is 6.57 Å². The van der Waals surface area contributed by atoms with Crippen LogP contribution in [0.5, 0.6) is 0 Å². The fourth-order valence-corrected chi connectivity index (χ4v) is 8.78. The summed E-state index contributed by atoms with van der Waals surface area (Å²) in [5.74, 6) is 0. The lowest BCUT2D eigenvalue weighted by molar-refractivity contribution is 1.48. The van der Waals surface area contributed by atoms with Crippen LogP contribution in [0.4, 0.5) is 5.69 Å². The Morgan fingerprint density at radius 2 is 0.932 bits per heavy atom. The standard InChI is InChI=1S/C39H19N3S2/c1-42-35-17-7-16-34-33-15-6-12-30(38(33)44-39(34)35)27-19-25(28-10-3-2-8-23(28)21-40)18-26(20-27)29-11-5-14-32-31-13-4-9-24(22-41)36(31)43-37(29)32/h2-20H. The fraction of sp³-hybridized carbons (Fsp3) is 0. The van der Waals surface area contributed by atoms with Gasteiger partial charge < -0.3 is 0 Å². The van der Waals surface area contributed by atoms with Crippen LogP contribution in [0, 0.1) is 29.2 Å². The van der Waals surface area contributed by atoms with Gasteiger partial charge in [0.2, 0.25) is 5.69 Å². The van der Waals surface area contributed by atoms with Crippen molar-refractivity contribution >= 4 is 68.7 Å². The number of fused-ring (bicyclic) bond motifs is 6. The van der Waals surface area contributed by atoms with Gasteiger partial charge in [0, 0.05) is 24.9 Å². The van der Waals surface area contributed by atoms with E-state index in [0.717, 1.165) is 73.7 Å².